The molecule has 0 heterocycles. The highest BCUT2D eigenvalue weighted by Gasteiger charge is 2.18. The van der Waals surface area contributed by atoms with Crippen molar-refractivity contribution in [1.82, 2.24) is 0 Å². The van der Waals surface area contributed by atoms with Gasteiger partial charge in [0.25, 0.3) is 20.2 Å². The summed E-state index contributed by atoms with van der Waals surface area (Å²) in [4.78, 5) is 2.42. The van der Waals surface area contributed by atoms with Gasteiger partial charge in [-0.2, -0.15) is 21.9 Å². The Hall–Kier alpha value is -3.24. The average molecular weight is 419 g/mol. The molecule has 142 valence electrons. The van der Waals surface area contributed by atoms with Crippen molar-refractivity contribution in [2.24, 2.45) is 10.2 Å². The molecule has 0 saturated carbocycles. The molecular formula is C16H11N4O6S2+. The van der Waals surface area contributed by atoms with Crippen molar-refractivity contribution >= 4 is 48.1 Å². The molecule has 0 saturated heterocycles. The van der Waals surface area contributed by atoms with Gasteiger partial charge in [0.2, 0.25) is 5.39 Å². The zero-order valence-electron chi connectivity index (χ0n) is 13.8. The first-order valence-electron chi connectivity index (χ1n) is 7.48. The fraction of sp³-hybridized carbons (Fsp3) is 0. The first-order valence-corrected chi connectivity index (χ1v) is 10.4. The van der Waals surface area contributed by atoms with E-state index >= 15 is 0 Å². The molecular weight excluding hydrogens is 408 g/mol. The summed E-state index contributed by atoms with van der Waals surface area (Å²) in [6.07, 6.45) is 0. The molecule has 12 heteroatoms. The van der Waals surface area contributed by atoms with Crippen LogP contribution in [-0.4, -0.2) is 25.9 Å². The molecule has 2 N–H and O–H groups in total. The highest BCUT2D eigenvalue weighted by molar-refractivity contribution is 7.86. The summed E-state index contributed by atoms with van der Waals surface area (Å²) in [6.45, 7) is 0. The lowest BCUT2D eigenvalue weighted by Crippen LogP contribution is -1.97. The van der Waals surface area contributed by atoms with E-state index in [1.807, 2.05) is 0 Å². The lowest BCUT2D eigenvalue weighted by Gasteiger charge is -2.02. The van der Waals surface area contributed by atoms with E-state index < -0.39 is 20.2 Å². The largest absolute Gasteiger partial charge is 0.392 e. The number of nitrogens with zero attached hydrogens (tertiary/aromatic N) is 4. The molecule has 0 aromatic heterocycles. The molecule has 0 amide bonds. The third-order valence-electron chi connectivity index (χ3n) is 3.76. The summed E-state index contributed by atoms with van der Waals surface area (Å²) in [6, 6.07) is 11.5. The molecule has 0 fully saturated rings. The van der Waals surface area contributed by atoms with Crippen LogP contribution in [0.15, 0.2) is 74.6 Å². The van der Waals surface area contributed by atoms with Gasteiger partial charge in [0.05, 0.1) is 26.6 Å². The molecule has 0 atom stereocenters. The van der Waals surface area contributed by atoms with Gasteiger partial charge in [0.15, 0.2) is 4.98 Å². The Morgan fingerprint density at radius 3 is 1.93 bits per heavy atom. The maximum Gasteiger partial charge on any atom is 0.392 e. The van der Waals surface area contributed by atoms with Crippen LogP contribution in [-0.2, 0) is 20.2 Å². The summed E-state index contributed by atoms with van der Waals surface area (Å²) < 4.78 is 62.9. The molecule has 0 aliphatic heterocycles. The van der Waals surface area contributed by atoms with Gasteiger partial charge in [-0.1, -0.05) is 6.07 Å². The average Bonchev–Trinajstić information content (AvgIpc) is 2.64. The van der Waals surface area contributed by atoms with Gasteiger partial charge in [-0.25, -0.2) is 0 Å². The van der Waals surface area contributed by atoms with E-state index in [0.717, 1.165) is 18.2 Å². The summed E-state index contributed by atoms with van der Waals surface area (Å²) >= 11 is 0. The Balaban J connectivity index is 2.06. The van der Waals surface area contributed by atoms with Crippen LogP contribution in [0, 0.1) is 5.39 Å². The maximum atomic E-state index is 11.3. The van der Waals surface area contributed by atoms with Crippen molar-refractivity contribution in [2.75, 3.05) is 0 Å². The molecule has 28 heavy (non-hydrogen) atoms. The molecule has 0 bridgehead atoms. The van der Waals surface area contributed by atoms with E-state index in [-0.39, 0.29) is 20.9 Å². The van der Waals surface area contributed by atoms with Gasteiger partial charge in [-0.15, -0.1) is 5.11 Å². The quantitative estimate of drug-likeness (QED) is 0.363. The molecule has 0 aliphatic rings. The number of hydrogen-bond donors (Lipinski definition) is 2. The lowest BCUT2D eigenvalue weighted by atomic mass is 10.1. The van der Waals surface area contributed by atoms with E-state index in [1.165, 1.54) is 36.4 Å². The first-order chi connectivity index (χ1) is 13.1. The minimum absolute atomic E-state index is 0.0666. The molecule has 0 aliphatic carbocycles. The summed E-state index contributed by atoms with van der Waals surface area (Å²) in [7, 11) is -8.77. The number of fused-ring (bicyclic) bond motifs is 1. The number of azo groups is 1. The van der Waals surface area contributed by atoms with Crippen LogP contribution in [0.5, 0.6) is 0 Å². The van der Waals surface area contributed by atoms with Gasteiger partial charge in [-0.05, 0) is 42.5 Å². The molecule has 3 aromatic carbocycles. The van der Waals surface area contributed by atoms with Crippen LogP contribution >= 0.6 is 0 Å². The van der Waals surface area contributed by atoms with E-state index in [0.29, 0.717) is 16.8 Å². The predicted octanol–water partition coefficient (Wildman–Crippen LogP) is 4.23. The number of rotatable bonds is 4. The minimum Gasteiger partial charge on any atom is -0.282 e. The SMILES string of the molecule is N#[N+]c1ccc(N=Nc2ccc(S(=O)(=O)O)cc2)c2ccc(S(=O)(=O)O)cc12. The summed E-state index contributed by atoms with van der Waals surface area (Å²) in [5.74, 6) is 0. The lowest BCUT2D eigenvalue weighted by molar-refractivity contribution is 0.481. The highest BCUT2D eigenvalue weighted by atomic mass is 32.2. The van der Waals surface area contributed by atoms with Gasteiger partial charge >= 0.3 is 5.69 Å². The standard InChI is InChI=1S/C16H10N4O6S2/c17-18-15-7-8-16(13-6-5-12(9-14(13)15)28(24,25)26)20-19-10-1-3-11(4-2-10)27(21,22)23/h1-9H,(H-,21,22,23,24,25,26)/p+1. The zero-order chi connectivity index (χ0) is 20.5. The Kier molecular flexibility index (Phi) is 4.92. The normalized spacial score (nSPS) is 12.3. The maximum absolute atomic E-state index is 11.3. The number of hydrogen-bond acceptors (Lipinski definition) is 7. The molecule has 0 spiro atoms. The highest BCUT2D eigenvalue weighted by Crippen LogP contribution is 2.35. The summed E-state index contributed by atoms with van der Waals surface area (Å²) in [5.41, 5.74) is 0.672. The Morgan fingerprint density at radius 2 is 1.36 bits per heavy atom. The van der Waals surface area contributed by atoms with Crippen molar-refractivity contribution < 1.29 is 25.9 Å². The fourth-order valence-electron chi connectivity index (χ4n) is 2.43. The van der Waals surface area contributed by atoms with Crippen molar-refractivity contribution in [3.8, 4) is 0 Å². The predicted molar refractivity (Wildman–Crippen MR) is 98.9 cm³/mol. The van der Waals surface area contributed by atoms with Crippen molar-refractivity contribution in [3.63, 3.8) is 0 Å². The monoisotopic (exact) mass is 419 g/mol. The van der Waals surface area contributed by atoms with Crippen molar-refractivity contribution in [2.45, 2.75) is 9.79 Å². The second kappa shape index (κ2) is 7.06. The van der Waals surface area contributed by atoms with Crippen LogP contribution < -0.4 is 0 Å². The minimum atomic E-state index is -4.45. The molecule has 3 rings (SSSR count). The van der Waals surface area contributed by atoms with Crippen LogP contribution in [0.4, 0.5) is 17.1 Å². The molecule has 0 radical (unpaired) electrons. The number of benzene rings is 3. The number of diazo groups is 1. The zero-order valence-corrected chi connectivity index (χ0v) is 15.5. The second-order valence-electron chi connectivity index (χ2n) is 5.56. The Morgan fingerprint density at radius 1 is 0.750 bits per heavy atom. The fourth-order valence-corrected chi connectivity index (χ4v) is 3.41. The summed E-state index contributed by atoms with van der Waals surface area (Å²) in [5, 5.41) is 17.7. The third kappa shape index (κ3) is 4.02. The Bertz CT molecular complexity index is 1360. The third-order valence-corrected chi connectivity index (χ3v) is 5.47. The van der Waals surface area contributed by atoms with E-state index in [2.05, 4.69) is 15.2 Å². The second-order valence-corrected chi connectivity index (χ2v) is 8.40. The van der Waals surface area contributed by atoms with Gasteiger partial charge in [-0.3, -0.25) is 9.11 Å². The van der Waals surface area contributed by atoms with Crippen molar-refractivity contribution in [1.29, 1.82) is 5.39 Å². The van der Waals surface area contributed by atoms with Gasteiger partial charge in [0.1, 0.15) is 0 Å². The van der Waals surface area contributed by atoms with Crippen molar-refractivity contribution in [3.05, 3.63) is 59.6 Å². The Labute approximate surface area is 159 Å². The first kappa shape index (κ1) is 19.5. The molecule has 0 unspecified atom stereocenters. The van der Waals surface area contributed by atoms with Crippen LogP contribution in [0.2, 0.25) is 0 Å². The van der Waals surface area contributed by atoms with Gasteiger partial charge in [0, 0.05) is 11.5 Å². The van der Waals surface area contributed by atoms with E-state index in [9.17, 15) is 21.4 Å². The smallest absolute Gasteiger partial charge is 0.282 e. The van der Waals surface area contributed by atoms with E-state index in [1.54, 1.807) is 0 Å². The van der Waals surface area contributed by atoms with Gasteiger partial charge < -0.3 is 0 Å². The molecule has 10 nitrogen and oxygen atoms in total. The van der Waals surface area contributed by atoms with Crippen LogP contribution in [0.25, 0.3) is 15.7 Å². The molecule has 3 aromatic rings. The topological polar surface area (TPSA) is 162 Å². The van der Waals surface area contributed by atoms with Crippen LogP contribution in [0.1, 0.15) is 0 Å². The van der Waals surface area contributed by atoms with E-state index in [4.69, 9.17) is 9.95 Å². The van der Waals surface area contributed by atoms with Crippen LogP contribution in [0.3, 0.4) is 0 Å².